The van der Waals surface area contributed by atoms with Crippen molar-refractivity contribution in [3.63, 3.8) is 0 Å². The molecule has 0 fully saturated rings. The number of esters is 1. The number of ketones is 1. The molecular weight excluding hydrogens is 493 g/mol. The number of benzene rings is 2. The van der Waals surface area contributed by atoms with Crippen molar-refractivity contribution in [3.05, 3.63) is 88.8 Å². The van der Waals surface area contributed by atoms with Crippen molar-refractivity contribution >= 4 is 17.8 Å². The van der Waals surface area contributed by atoms with E-state index in [2.05, 4.69) is 10.6 Å². The predicted octanol–water partition coefficient (Wildman–Crippen LogP) is 5.03. The second kappa shape index (κ2) is 10.2. The van der Waals surface area contributed by atoms with Crippen LogP contribution in [-0.2, 0) is 15.7 Å². The summed E-state index contributed by atoms with van der Waals surface area (Å²) in [5, 5.41) is 4.88. The number of furan rings is 1. The van der Waals surface area contributed by atoms with E-state index in [9.17, 15) is 27.6 Å². The van der Waals surface area contributed by atoms with Crippen LogP contribution in [0.1, 0.15) is 34.6 Å². The molecule has 0 saturated carbocycles. The number of hydrogen-bond acceptors (Lipinski definition) is 6. The molecule has 1 aliphatic heterocycles. The molecule has 37 heavy (non-hydrogen) atoms. The number of carbonyl (C=O) groups excluding carboxylic acids is 3. The Hall–Kier alpha value is -4.54. The third-order valence-corrected chi connectivity index (χ3v) is 5.53. The number of hydrogen-bond donors (Lipinski definition) is 2. The van der Waals surface area contributed by atoms with E-state index in [4.69, 9.17) is 13.9 Å². The summed E-state index contributed by atoms with van der Waals surface area (Å²) in [6.07, 6.45) is -4.55. The SMILES string of the molecule is CCOC(=O)C1=C(C(=O)c2ccc(OC)cc2)[C@H](c2ccc(-c3cccc(C(F)(F)F)c3)o2)NC(=O)N1. The molecule has 2 heterocycles. The monoisotopic (exact) mass is 514 g/mol. The average molecular weight is 514 g/mol. The molecule has 192 valence electrons. The van der Waals surface area contributed by atoms with Gasteiger partial charge in [-0.2, -0.15) is 13.2 Å². The summed E-state index contributed by atoms with van der Waals surface area (Å²) >= 11 is 0. The molecule has 0 saturated heterocycles. The van der Waals surface area contributed by atoms with Crippen molar-refractivity contribution < 1.29 is 41.4 Å². The summed E-state index contributed by atoms with van der Waals surface area (Å²) in [5.41, 5.74) is -1.07. The summed E-state index contributed by atoms with van der Waals surface area (Å²) in [6, 6.07) is 11.4. The average Bonchev–Trinajstić information content (AvgIpc) is 3.38. The fourth-order valence-electron chi connectivity index (χ4n) is 3.80. The number of ether oxygens (including phenoxy) is 2. The van der Waals surface area contributed by atoms with Gasteiger partial charge in [0.1, 0.15) is 29.0 Å². The first-order valence-corrected chi connectivity index (χ1v) is 11.1. The van der Waals surface area contributed by atoms with E-state index in [-0.39, 0.29) is 40.5 Å². The molecule has 8 nitrogen and oxygen atoms in total. The van der Waals surface area contributed by atoms with Crippen LogP contribution < -0.4 is 15.4 Å². The van der Waals surface area contributed by atoms with Gasteiger partial charge in [0.25, 0.3) is 0 Å². The number of halogens is 3. The van der Waals surface area contributed by atoms with E-state index in [1.54, 1.807) is 19.1 Å². The molecule has 1 atom stereocenters. The smallest absolute Gasteiger partial charge is 0.416 e. The van der Waals surface area contributed by atoms with Gasteiger partial charge in [-0.25, -0.2) is 9.59 Å². The Morgan fingerprint density at radius 2 is 1.78 bits per heavy atom. The molecule has 1 aliphatic rings. The summed E-state index contributed by atoms with van der Waals surface area (Å²) in [6.45, 7) is 1.55. The van der Waals surface area contributed by atoms with E-state index in [1.807, 2.05) is 0 Å². The molecule has 2 amide bonds. The van der Waals surface area contributed by atoms with Gasteiger partial charge >= 0.3 is 18.2 Å². The lowest BCUT2D eigenvalue weighted by Crippen LogP contribution is -2.47. The second-order valence-corrected chi connectivity index (χ2v) is 7.88. The zero-order valence-electron chi connectivity index (χ0n) is 19.6. The Morgan fingerprint density at radius 3 is 2.43 bits per heavy atom. The zero-order chi connectivity index (χ0) is 26.7. The van der Waals surface area contributed by atoms with Crippen LogP contribution in [0.2, 0.25) is 0 Å². The normalized spacial score (nSPS) is 15.6. The van der Waals surface area contributed by atoms with E-state index in [0.29, 0.717) is 5.75 Å². The van der Waals surface area contributed by atoms with E-state index < -0.39 is 35.6 Å². The minimum absolute atomic E-state index is 0.0131. The Morgan fingerprint density at radius 1 is 1.05 bits per heavy atom. The molecule has 0 bridgehead atoms. The zero-order valence-corrected chi connectivity index (χ0v) is 19.6. The highest BCUT2D eigenvalue weighted by Gasteiger charge is 2.38. The molecule has 4 rings (SSSR count). The minimum Gasteiger partial charge on any atom is -0.497 e. The molecule has 0 aliphatic carbocycles. The number of rotatable bonds is 7. The van der Waals surface area contributed by atoms with Gasteiger partial charge < -0.3 is 24.5 Å². The third-order valence-electron chi connectivity index (χ3n) is 5.53. The molecule has 2 aromatic carbocycles. The van der Waals surface area contributed by atoms with Crippen LogP contribution in [0.5, 0.6) is 5.75 Å². The standard InChI is InChI=1S/C26H21F3N2O6/c1-3-36-24(33)22-20(23(32)14-7-9-17(35-2)10-8-14)21(30-25(34)31-22)19-12-11-18(37-19)15-5-4-6-16(13-15)26(27,28)29/h4-13,21H,3H2,1-2H3,(H2,30,31,34)/t21-/m0/s1. The van der Waals surface area contributed by atoms with Gasteiger partial charge in [-0.1, -0.05) is 12.1 Å². The van der Waals surface area contributed by atoms with Gasteiger partial charge in [0.2, 0.25) is 0 Å². The lowest BCUT2D eigenvalue weighted by atomic mass is 9.92. The summed E-state index contributed by atoms with van der Waals surface area (Å²) in [7, 11) is 1.47. The first-order chi connectivity index (χ1) is 17.6. The quantitative estimate of drug-likeness (QED) is 0.339. The molecular formula is C26H21F3N2O6. The van der Waals surface area contributed by atoms with Crippen LogP contribution >= 0.6 is 0 Å². The summed E-state index contributed by atoms with van der Waals surface area (Å²) in [4.78, 5) is 38.7. The highest BCUT2D eigenvalue weighted by Crippen LogP contribution is 2.36. The fourth-order valence-corrected chi connectivity index (χ4v) is 3.80. The Bertz CT molecular complexity index is 1380. The highest BCUT2D eigenvalue weighted by molar-refractivity contribution is 6.15. The minimum atomic E-state index is -4.55. The summed E-state index contributed by atoms with van der Waals surface area (Å²) < 4.78 is 55.5. The first kappa shape index (κ1) is 25.5. The third kappa shape index (κ3) is 5.35. The molecule has 11 heteroatoms. The van der Waals surface area contributed by atoms with Crippen molar-refractivity contribution in [1.29, 1.82) is 0 Å². The van der Waals surface area contributed by atoms with Crippen LogP contribution in [-0.4, -0.2) is 31.5 Å². The van der Waals surface area contributed by atoms with Gasteiger partial charge in [-0.3, -0.25) is 4.79 Å². The number of carbonyl (C=O) groups is 3. The molecule has 0 radical (unpaired) electrons. The van der Waals surface area contributed by atoms with Crippen LogP contribution in [0.3, 0.4) is 0 Å². The number of nitrogens with one attached hydrogen (secondary N) is 2. The van der Waals surface area contributed by atoms with Crippen molar-refractivity contribution in [3.8, 4) is 17.1 Å². The van der Waals surface area contributed by atoms with E-state index >= 15 is 0 Å². The molecule has 0 unspecified atom stereocenters. The van der Waals surface area contributed by atoms with Crippen molar-refractivity contribution in [2.24, 2.45) is 0 Å². The highest BCUT2D eigenvalue weighted by atomic mass is 19.4. The largest absolute Gasteiger partial charge is 0.497 e. The van der Waals surface area contributed by atoms with Crippen molar-refractivity contribution in [2.45, 2.75) is 19.1 Å². The Kier molecular flexibility index (Phi) is 7.05. The maximum absolute atomic E-state index is 13.6. The van der Waals surface area contributed by atoms with E-state index in [1.165, 1.54) is 43.5 Å². The lowest BCUT2D eigenvalue weighted by molar-refractivity contribution is -0.139. The summed E-state index contributed by atoms with van der Waals surface area (Å²) in [5.74, 6) is -0.938. The molecule has 2 N–H and O–H groups in total. The molecule has 1 aromatic heterocycles. The van der Waals surface area contributed by atoms with Gasteiger partial charge in [-0.05, 0) is 55.5 Å². The number of amides is 2. The Labute approximate surface area is 209 Å². The fraction of sp³-hybridized carbons (Fsp3) is 0.192. The van der Waals surface area contributed by atoms with Crippen molar-refractivity contribution in [2.75, 3.05) is 13.7 Å². The van der Waals surface area contributed by atoms with Crippen molar-refractivity contribution in [1.82, 2.24) is 10.6 Å². The number of Topliss-reactive ketones (excluding diaryl/α,β-unsaturated/α-hetero) is 1. The van der Waals surface area contributed by atoms with E-state index in [0.717, 1.165) is 12.1 Å². The van der Waals surface area contributed by atoms with Crippen LogP contribution in [0, 0.1) is 0 Å². The predicted molar refractivity (Wildman–Crippen MR) is 125 cm³/mol. The van der Waals surface area contributed by atoms with Crippen LogP contribution in [0.25, 0.3) is 11.3 Å². The number of alkyl halides is 3. The van der Waals surface area contributed by atoms with Crippen LogP contribution in [0.15, 0.2) is 76.4 Å². The van der Waals surface area contributed by atoms with Gasteiger partial charge in [0.05, 0.1) is 24.9 Å². The number of urea groups is 1. The second-order valence-electron chi connectivity index (χ2n) is 7.88. The van der Waals surface area contributed by atoms with Crippen LogP contribution in [0.4, 0.5) is 18.0 Å². The molecule has 3 aromatic rings. The van der Waals surface area contributed by atoms with Gasteiger partial charge in [0, 0.05) is 11.1 Å². The number of methoxy groups -OCH3 is 1. The maximum atomic E-state index is 13.6. The topological polar surface area (TPSA) is 107 Å². The van der Waals surface area contributed by atoms with Gasteiger partial charge in [-0.15, -0.1) is 0 Å². The maximum Gasteiger partial charge on any atom is 0.416 e. The lowest BCUT2D eigenvalue weighted by Gasteiger charge is -2.27. The molecule has 0 spiro atoms. The first-order valence-electron chi connectivity index (χ1n) is 11.1. The van der Waals surface area contributed by atoms with Gasteiger partial charge in [0.15, 0.2) is 5.78 Å². The Balaban J connectivity index is 1.79.